The Balaban J connectivity index is 3.44. The maximum atomic E-state index is 13.2. The van der Waals surface area contributed by atoms with Crippen LogP contribution in [-0.2, 0) is 4.79 Å². The average molecular weight is 209 g/mol. The minimum Gasteiger partial charge on any atom is -0.494 e. The van der Waals surface area contributed by atoms with Crippen LogP contribution in [0.5, 0.6) is 5.75 Å². The lowest BCUT2D eigenvalue weighted by atomic mass is 10.1. The van der Waals surface area contributed by atoms with Crippen molar-refractivity contribution in [2.75, 3.05) is 7.11 Å². The van der Waals surface area contributed by atoms with Crippen LogP contribution in [0.15, 0.2) is 17.1 Å². The van der Waals surface area contributed by atoms with Crippen LogP contribution in [0.2, 0.25) is 0 Å². The Bertz CT molecular complexity index is 450. The van der Waals surface area contributed by atoms with Gasteiger partial charge in [-0.15, -0.1) is 0 Å². The number of hydrogen-bond acceptors (Lipinski definition) is 4. The molecule has 0 spiro atoms. The van der Waals surface area contributed by atoms with E-state index in [1.54, 1.807) is 0 Å². The Labute approximate surface area is 85.4 Å². The molecule has 0 aliphatic carbocycles. The lowest BCUT2D eigenvalue weighted by Gasteiger charge is -2.05. The number of isocyanates is 1. The molecule has 0 saturated heterocycles. The number of carbonyl (C=O) groups is 1. The van der Waals surface area contributed by atoms with Crippen molar-refractivity contribution in [3.8, 4) is 5.75 Å². The summed E-state index contributed by atoms with van der Waals surface area (Å²) in [6, 6.07) is 2.16. The summed E-state index contributed by atoms with van der Waals surface area (Å²) in [5, 5.41) is 0. The zero-order valence-corrected chi connectivity index (χ0v) is 8.20. The fourth-order valence-corrected chi connectivity index (χ4v) is 1.12. The Morgan fingerprint density at radius 1 is 1.53 bits per heavy atom. The first kappa shape index (κ1) is 11.1. The fraction of sp³-hybridized carbons (Fsp3) is 0.200. The van der Waals surface area contributed by atoms with Crippen molar-refractivity contribution < 1.29 is 18.7 Å². The topological polar surface area (TPSA) is 55.7 Å². The molecule has 1 rings (SSSR count). The molecule has 0 saturated carbocycles. The normalized spacial score (nSPS) is 9.27. The van der Waals surface area contributed by atoms with E-state index in [1.165, 1.54) is 26.2 Å². The second-order valence-electron chi connectivity index (χ2n) is 2.76. The summed E-state index contributed by atoms with van der Waals surface area (Å²) in [6.45, 7) is 1.29. The molecule has 0 unspecified atom stereocenters. The molecule has 0 aliphatic heterocycles. The second kappa shape index (κ2) is 4.48. The molecule has 0 aromatic heterocycles. The third-order valence-corrected chi connectivity index (χ3v) is 1.82. The molecule has 4 nitrogen and oxygen atoms in total. The van der Waals surface area contributed by atoms with Crippen molar-refractivity contribution in [3.05, 3.63) is 23.5 Å². The molecule has 15 heavy (non-hydrogen) atoms. The van der Waals surface area contributed by atoms with Crippen molar-refractivity contribution in [1.29, 1.82) is 0 Å². The Hall–Kier alpha value is -2.00. The first-order valence-electron chi connectivity index (χ1n) is 4.06. The van der Waals surface area contributed by atoms with Crippen LogP contribution in [0.1, 0.15) is 17.3 Å². The lowest BCUT2D eigenvalue weighted by Crippen LogP contribution is -1.96. The van der Waals surface area contributed by atoms with Gasteiger partial charge in [-0.1, -0.05) is 0 Å². The molecule has 0 bridgehead atoms. The van der Waals surface area contributed by atoms with E-state index in [2.05, 4.69) is 4.99 Å². The van der Waals surface area contributed by atoms with Crippen molar-refractivity contribution >= 4 is 17.6 Å². The third kappa shape index (κ3) is 2.27. The molecule has 0 fully saturated rings. The highest BCUT2D eigenvalue weighted by Crippen LogP contribution is 2.27. The van der Waals surface area contributed by atoms with Crippen molar-refractivity contribution in [2.24, 2.45) is 4.99 Å². The van der Waals surface area contributed by atoms with Gasteiger partial charge in [0.25, 0.3) is 0 Å². The van der Waals surface area contributed by atoms with E-state index < -0.39 is 5.82 Å². The van der Waals surface area contributed by atoms with Gasteiger partial charge in [-0.05, 0) is 13.0 Å². The van der Waals surface area contributed by atoms with Crippen LogP contribution < -0.4 is 4.74 Å². The zero-order valence-electron chi connectivity index (χ0n) is 8.20. The number of Topliss-reactive ketones (excluding diaryl/α,β-unsaturated/α-hetero) is 1. The molecule has 0 N–H and O–H groups in total. The molecule has 0 radical (unpaired) electrons. The monoisotopic (exact) mass is 209 g/mol. The number of hydrogen-bond donors (Lipinski definition) is 0. The number of ether oxygens (including phenoxy) is 1. The molecule has 5 heteroatoms. The summed E-state index contributed by atoms with van der Waals surface area (Å²) >= 11 is 0. The summed E-state index contributed by atoms with van der Waals surface area (Å²) < 4.78 is 17.9. The maximum Gasteiger partial charge on any atom is 0.240 e. The Kier molecular flexibility index (Phi) is 3.31. The molecule has 0 atom stereocenters. The Morgan fingerprint density at radius 3 is 2.67 bits per heavy atom. The number of rotatable bonds is 3. The van der Waals surface area contributed by atoms with E-state index in [1.807, 2.05) is 0 Å². The van der Waals surface area contributed by atoms with Gasteiger partial charge >= 0.3 is 0 Å². The van der Waals surface area contributed by atoms with E-state index in [4.69, 9.17) is 4.74 Å². The maximum absolute atomic E-state index is 13.2. The number of nitrogens with zero attached hydrogens (tertiary/aromatic N) is 1. The van der Waals surface area contributed by atoms with E-state index in [0.717, 1.165) is 6.07 Å². The number of aliphatic imine (C=N–C) groups is 1. The van der Waals surface area contributed by atoms with Gasteiger partial charge in [0.15, 0.2) is 17.3 Å². The van der Waals surface area contributed by atoms with Gasteiger partial charge in [-0.3, -0.25) is 4.79 Å². The van der Waals surface area contributed by atoms with Gasteiger partial charge in [0, 0.05) is 11.6 Å². The quantitative estimate of drug-likeness (QED) is 0.434. The van der Waals surface area contributed by atoms with Gasteiger partial charge in [0.2, 0.25) is 6.08 Å². The molecule has 1 aromatic rings. The number of benzene rings is 1. The molecule has 0 amide bonds. The van der Waals surface area contributed by atoms with E-state index in [-0.39, 0.29) is 22.8 Å². The average Bonchev–Trinajstić information content (AvgIpc) is 2.18. The molecule has 0 aliphatic rings. The zero-order chi connectivity index (χ0) is 11.4. The molecule has 1 aromatic carbocycles. The predicted molar refractivity (Wildman–Crippen MR) is 50.7 cm³/mol. The van der Waals surface area contributed by atoms with E-state index >= 15 is 0 Å². The first-order chi connectivity index (χ1) is 7.10. The van der Waals surface area contributed by atoms with Crippen molar-refractivity contribution in [3.63, 3.8) is 0 Å². The first-order valence-corrected chi connectivity index (χ1v) is 4.06. The molecular formula is C10H8FNO3. The number of carbonyl (C=O) groups excluding carboxylic acids is 2. The van der Waals surface area contributed by atoms with Crippen LogP contribution in [0, 0.1) is 5.82 Å². The van der Waals surface area contributed by atoms with Crippen LogP contribution in [0.3, 0.4) is 0 Å². The van der Waals surface area contributed by atoms with Crippen molar-refractivity contribution in [2.45, 2.75) is 6.92 Å². The van der Waals surface area contributed by atoms with E-state index in [0.29, 0.717) is 0 Å². The summed E-state index contributed by atoms with van der Waals surface area (Å²) in [7, 11) is 1.28. The standard InChI is InChI=1S/C10H8FNO3/c1-6(14)7-3-10(15-2)8(11)4-9(7)12-5-13/h3-4H,1-2H3. The number of methoxy groups -OCH3 is 1. The second-order valence-corrected chi connectivity index (χ2v) is 2.76. The molecule has 78 valence electrons. The summed E-state index contributed by atoms with van der Waals surface area (Å²) in [6.07, 6.45) is 1.26. The highest BCUT2D eigenvalue weighted by molar-refractivity contribution is 5.99. The van der Waals surface area contributed by atoms with Gasteiger partial charge in [-0.25, -0.2) is 9.18 Å². The molecular weight excluding hydrogens is 201 g/mol. The SMILES string of the molecule is COc1cc(C(C)=O)c(N=C=O)cc1F. The highest BCUT2D eigenvalue weighted by atomic mass is 19.1. The van der Waals surface area contributed by atoms with Crippen LogP contribution in [0.25, 0.3) is 0 Å². The fourth-order valence-electron chi connectivity index (χ4n) is 1.12. The smallest absolute Gasteiger partial charge is 0.240 e. The van der Waals surface area contributed by atoms with Crippen LogP contribution in [-0.4, -0.2) is 19.0 Å². The lowest BCUT2D eigenvalue weighted by molar-refractivity contribution is 0.101. The Morgan fingerprint density at radius 2 is 2.20 bits per heavy atom. The van der Waals surface area contributed by atoms with Crippen LogP contribution in [0.4, 0.5) is 10.1 Å². The van der Waals surface area contributed by atoms with Gasteiger partial charge in [-0.2, -0.15) is 4.99 Å². The largest absolute Gasteiger partial charge is 0.494 e. The minimum atomic E-state index is -0.684. The van der Waals surface area contributed by atoms with E-state index in [9.17, 15) is 14.0 Å². The summed E-state index contributed by atoms with van der Waals surface area (Å²) in [4.78, 5) is 24.5. The highest BCUT2D eigenvalue weighted by Gasteiger charge is 2.13. The van der Waals surface area contributed by atoms with Gasteiger partial charge in [0.05, 0.1) is 12.8 Å². The van der Waals surface area contributed by atoms with Crippen molar-refractivity contribution in [1.82, 2.24) is 0 Å². The summed E-state index contributed by atoms with van der Waals surface area (Å²) in [5.74, 6) is -1.08. The minimum absolute atomic E-state index is 0.0456. The molecule has 0 heterocycles. The predicted octanol–water partition coefficient (Wildman–Crippen LogP) is 2.00. The number of ketones is 1. The van der Waals surface area contributed by atoms with Gasteiger partial charge in [0.1, 0.15) is 0 Å². The third-order valence-electron chi connectivity index (χ3n) is 1.82. The summed E-state index contributed by atoms with van der Waals surface area (Å²) in [5.41, 5.74) is 0.0763. The van der Waals surface area contributed by atoms with Crippen LogP contribution >= 0.6 is 0 Å². The van der Waals surface area contributed by atoms with Gasteiger partial charge < -0.3 is 4.74 Å². The number of halogens is 1.